The molecule has 12 heavy (non-hydrogen) atoms. The summed E-state index contributed by atoms with van der Waals surface area (Å²) < 4.78 is 9.67. The van der Waals surface area contributed by atoms with Crippen molar-refractivity contribution in [2.75, 3.05) is 20.3 Å². The second-order valence-electron chi connectivity index (χ2n) is 2.83. The van der Waals surface area contributed by atoms with Crippen LogP contribution in [0.2, 0.25) is 0 Å². The Labute approximate surface area is 72.4 Å². The molecule has 0 amide bonds. The molecule has 0 N–H and O–H groups in total. The molecule has 3 nitrogen and oxygen atoms in total. The maximum atomic E-state index is 10.7. The second-order valence-corrected chi connectivity index (χ2v) is 2.83. The zero-order chi connectivity index (χ0) is 8.81. The van der Waals surface area contributed by atoms with E-state index in [1.807, 2.05) is 12.2 Å². The van der Waals surface area contributed by atoms with E-state index in [-0.39, 0.29) is 5.97 Å². The van der Waals surface area contributed by atoms with E-state index < -0.39 is 0 Å². The summed E-state index contributed by atoms with van der Waals surface area (Å²) in [5.74, 6) is 0.305. The van der Waals surface area contributed by atoms with Crippen LogP contribution in [0, 0.1) is 5.92 Å². The van der Waals surface area contributed by atoms with Gasteiger partial charge in [-0.25, -0.2) is 0 Å². The van der Waals surface area contributed by atoms with Crippen LogP contribution in [-0.2, 0) is 14.3 Å². The van der Waals surface area contributed by atoms with Gasteiger partial charge >= 0.3 is 5.97 Å². The Morgan fingerprint density at radius 1 is 1.75 bits per heavy atom. The number of rotatable bonds is 3. The summed E-state index contributed by atoms with van der Waals surface area (Å²) in [5, 5.41) is 0. The van der Waals surface area contributed by atoms with Crippen LogP contribution in [0.1, 0.15) is 12.8 Å². The Morgan fingerprint density at radius 2 is 2.58 bits per heavy atom. The number of ether oxygens (including phenoxy) is 2. The van der Waals surface area contributed by atoms with Crippen LogP contribution in [0.3, 0.4) is 0 Å². The quantitative estimate of drug-likeness (QED) is 0.470. The first-order valence-corrected chi connectivity index (χ1v) is 4.14. The third-order valence-electron chi connectivity index (χ3n) is 1.89. The molecule has 1 saturated heterocycles. The molecule has 1 rings (SSSR count). The van der Waals surface area contributed by atoms with Crippen molar-refractivity contribution in [1.82, 2.24) is 0 Å². The normalized spacial score (nSPS) is 23.2. The standard InChI is InChI=1S/C9H14O3/c1-11-9(10)4-2-3-8-5-6-12-7-8/h2-3,8H,4-7H2,1H3/b3-2-. The highest BCUT2D eigenvalue weighted by Crippen LogP contribution is 2.13. The number of carbonyl (C=O) groups is 1. The molecule has 1 fully saturated rings. The van der Waals surface area contributed by atoms with Gasteiger partial charge in [-0.05, 0) is 6.42 Å². The van der Waals surface area contributed by atoms with Crippen LogP contribution in [-0.4, -0.2) is 26.3 Å². The summed E-state index contributed by atoms with van der Waals surface area (Å²) in [6.07, 6.45) is 5.32. The highest BCUT2D eigenvalue weighted by molar-refractivity contribution is 5.70. The summed E-state index contributed by atoms with van der Waals surface area (Å²) in [5.41, 5.74) is 0. The van der Waals surface area contributed by atoms with E-state index in [1.165, 1.54) is 7.11 Å². The highest BCUT2D eigenvalue weighted by Gasteiger charge is 2.11. The summed E-state index contributed by atoms with van der Waals surface area (Å²) >= 11 is 0. The van der Waals surface area contributed by atoms with Gasteiger partial charge in [-0.15, -0.1) is 0 Å². The average Bonchev–Trinajstić information content (AvgIpc) is 2.57. The summed E-state index contributed by atoms with van der Waals surface area (Å²) in [6.45, 7) is 1.63. The fraction of sp³-hybridized carbons (Fsp3) is 0.667. The fourth-order valence-electron chi connectivity index (χ4n) is 1.14. The SMILES string of the molecule is COC(=O)C/C=C\C1CCOC1. The third-order valence-corrected chi connectivity index (χ3v) is 1.89. The van der Waals surface area contributed by atoms with Crippen LogP contribution in [0.5, 0.6) is 0 Å². The predicted molar refractivity (Wildman–Crippen MR) is 44.7 cm³/mol. The molecule has 0 bridgehead atoms. The monoisotopic (exact) mass is 170 g/mol. The third kappa shape index (κ3) is 3.05. The van der Waals surface area contributed by atoms with Crippen molar-refractivity contribution < 1.29 is 14.3 Å². The van der Waals surface area contributed by atoms with Crippen molar-refractivity contribution in [3.63, 3.8) is 0 Å². The smallest absolute Gasteiger partial charge is 0.309 e. The zero-order valence-corrected chi connectivity index (χ0v) is 7.29. The molecule has 0 aromatic carbocycles. The van der Waals surface area contributed by atoms with Crippen LogP contribution in [0.25, 0.3) is 0 Å². The summed E-state index contributed by atoms with van der Waals surface area (Å²) in [6, 6.07) is 0. The molecule has 1 aliphatic rings. The predicted octanol–water partition coefficient (Wildman–Crippen LogP) is 1.14. The van der Waals surface area contributed by atoms with E-state index in [0.717, 1.165) is 19.6 Å². The molecule has 1 aliphatic heterocycles. The van der Waals surface area contributed by atoms with E-state index in [4.69, 9.17) is 4.74 Å². The van der Waals surface area contributed by atoms with Crippen molar-refractivity contribution >= 4 is 5.97 Å². The van der Waals surface area contributed by atoms with Crippen LogP contribution >= 0.6 is 0 Å². The lowest BCUT2D eigenvalue weighted by Crippen LogP contribution is -1.98. The molecule has 0 spiro atoms. The van der Waals surface area contributed by atoms with Gasteiger partial charge in [0.15, 0.2) is 0 Å². The minimum atomic E-state index is -0.190. The summed E-state index contributed by atoms with van der Waals surface area (Å²) in [7, 11) is 1.40. The lowest BCUT2D eigenvalue weighted by Gasteiger charge is -1.97. The van der Waals surface area contributed by atoms with Crippen LogP contribution < -0.4 is 0 Å². The van der Waals surface area contributed by atoms with E-state index in [1.54, 1.807) is 0 Å². The summed E-state index contributed by atoms with van der Waals surface area (Å²) in [4.78, 5) is 10.7. The molecule has 0 aromatic heterocycles. The van der Waals surface area contributed by atoms with Crippen molar-refractivity contribution in [2.24, 2.45) is 5.92 Å². The molecule has 0 saturated carbocycles. The van der Waals surface area contributed by atoms with Crippen molar-refractivity contribution in [1.29, 1.82) is 0 Å². The van der Waals surface area contributed by atoms with Gasteiger partial charge in [0.05, 0.1) is 20.1 Å². The average molecular weight is 170 g/mol. The van der Waals surface area contributed by atoms with Crippen molar-refractivity contribution in [3.05, 3.63) is 12.2 Å². The van der Waals surface area contributed by atoms with Gasteiger partial charge in [-0.3, -0.25) is 4.79 Å². The Bertz CT molecular complexity index is 169. The Balaban J connectivity index is 2.16. The first-order chi connectivity index (χ1) is 5.83. The van der Waals surface area contributed by atoms with Gasteiger partial charge < -0.3 is 9.47 Å². The maximum Gasteiger partial charge on any atom is 0.309 e. The molecule has 68 valence electrons. The molecule has 3 heteroatoms. The lowest BCUT2D eigenvalue weighted by molar-refractivity contribution is -0.139. The first kappa shape index (κ1) is 9.26. The minimum Gasteiger partial charge on any atom is -0.469 e. The Morgan fingerprint density at radius 3 is 3.17 bits per heavy atom. The molecule has 0 aromatic rings. The molecular weight excluding hydrogens is 156 g/mol. The van der Waals surface area contributed by atoms with Crippen LogP contribution in [0.15, 0.2) is 12.2 Å². The Hall–Kier alpha value is -0.830. The van der Waals surface area contributed by atoms with Gasteiger partial charge in [0.2, 0.25) is 0 Å². The largest absolute Gasteiger partial charge is 0.469 e. The number of esters is 1. The van der Waals surface area contributed by atoms with Gasteiger partial charge in [-0.2, -0.15) is 0 Å². The number of hydrogen-bond donors (Lipinski definition) is 0. The second kappa shape index (κ2) is 4.93. The number of methoxy groups -OCH3 is 1. The van der Waals surface area contributed by atoms with Crippen LogP contribution in [0.4, 0.5) is 0 Å². The number of carbonyl (C=O) groups excluding carboxylic acids is 1. The van der Waals surface area contributed by atoms with E-state index in [2.05, 4.69) is 4.74 Å². The zero-order valence-electron chi connectivity index (χ0n) is 7.29. The fourth-order valence-corrected chi connectivity index (χ4v) is 1.14. The molecular formula is C9H14O3. The Kier molecular flexibility index (Phi) is 3.80. The van der Waals surface area contributed by atoms with Gasteiger partial charge in [0.25, 0.3) is 0 Å². The van der Waals surface area contributed by atoms with E-state index >= 15 is 0 Å². The van der Waals surface area contributed by atoms with Gasteiger partial charge in [0.1, 0.15) is 0 Å². The lowest BCUT2D eigenvalue weighted by atomic mass is 10.1. The van der Waals surface area contributed by atoms with Gasteiger partial charge in [0, 0.05) is 12.5 Å². The van der Waals surface area contributed by atoms with E-state index in [0.29, 0.717) is 12.3 Å². The number of hydrogen-bond acceptors (Lipinski definition) is 3. The first-order valence-electron chi connectivity index (χ1n) is 4.14. The molecule has 0 radical (unpaired) electrons. The molecule has 1 atom stereocenters. The maximum absolute atomic E-state index is 10.7. The molecule has 0 aliphatic carbocycles. The van der Waals surface area contributed by atoms with Gasteiger partial charge in [-0.1, -0.05) is 12.2 Å². The minimum absolute atomic E-state index is 0.190. The topological polar surface area (TPSA) is 35.5 Å². The van der Waals surface area contributed by atoms with E-state index in [9.17, 15) is 4.79 Å². The van der Waals surface area contributed by atoms with Crippen molar-refractivity contribution in [3.8, 4) is 0 Å². The molecule has 1 heterocycles. The van der Waals surface area contributed by atoms with Crippen molar-refractivity contribution in [2.45, 2.75) is 12.8 Å². The highest BCUT2D eigenvalue weighted by atomic mass is 16.5. The molecule has 1 unspecified atom stereocenters.